The topological polar surface area (TPSA) is 93.5 Å². The van der Waals surface area contributed by atoms with Crippen LogP contribution in [0.15, 0.2) is 59.5 Å². The van der Waals surface area contributed by atoms with Gasteiger partial charge in [0.1, 0.15) is 16.5 Å². The fourth-order valence-corrected chi connectivity index (χ4v) is 4.74. The third kappa shape index (κ3) is 5.43. The molecule has 0 saturated heterocycles. The van der Waals surface area contributed by atoms with Crippen LogP contribution in [0.3, 0.4) is 0 Å². The second kappa shape index (κ2) is 9.36. The summed E-state index contributed by atoms with van der Waals surface area (Å²) in [6, 6.07) is 15.4. The van der Waals surface area contributed by atoms with E-state index in [1.54, 1.807) is 10.7 Å². The van der Waals surface area contributed by atoms with Gasteiger partial charge in [0.25, 0.3) is 5.91 Å². The van der Waals surface area contributed by atoms with E-state index in [0.717, 1.165) is 11.3 Å². The Labute approximate surface area is 195 Å². The van der Waals surface area contributed by atoms with Crippen molar-refractivity contribution in [2.75, 3.05) is 19.5 Å². The molecule has 1 N–H and O–H groups in total. The zero-order chi connectivity index (χ0) is 24.4. The number of methoxy groups -OCH3 is 1. The minimum atomic E-state index is -3.93. The van der Waals surface area contributed by atoms with Gasteiger partial charge in [-0.3, -0.25) is 4.79 Å². The maximum atomic E-state index is 13.3. The van der Waals surface area contributed by atoms with Crippen LogP contribution in [-0.2, 0) is 22.1 Å². The maximum Gasteiger partial charge on any atom is 0.256 e. The number of carbonyl (C=O) groups excluding carboxylic acids is 1. The largest absolute Gasteiger partial charge is 0.495 e. The molecule has 9 heteroatoms. The number of benzene rings is 2. The fraction of sp³-hybridized carbons (Fsp3) is 0.333. The van der Waals surface area contributed by atoms with Gasteiger partial charge >= 0.3 is 0 Å². The molecule has 0 atom stereocenters. The van der Waals surface area contributed by atoms with Gasteiger partial charge in [0.05, 0.1) is 18.3 Å². The van der Waals surface area contributed by atoms with Crippen molar-refractivity contribution in [2.45, 2.75) is 44.7 Å². The average molecular weight is 471 g/mol. The van der Waals surface area contributed by atoms with Gasteiger partial charge in [-0.05, 0) is 51.5 Å². The van der Waals surface area contributed by atoms with Crippen LogP contribution in [-0.4, -0.2) is 42.6 Å². The van der Waals surface area contributed by atoms with E-state index in [2.05, 4.69) is 10.4 Å². The van der Waals surface area contributed by atoms with Crippen molar-refractivity contribution in [3.8, 4) is 5.75 Å². The van der Waals surface area contributed by atoms with E-state index in [1.165, 1.54) is 36.7 Å². The number of aromatic nitrogens is 2. The predicted octanol–water partition coefficient (Wildman–Crippen LogP) is 4.03. The molecule has 1 aromatic heterocycles. The number of aryl methyl sites for hydroxylation is 1. The Kier molecular flexibility index (Phi) is 6.94. The standard InChI is InChI=1S/C24H30N4O4S/c1-17-14-22(28(26-17)24(2,3)4)25-23(29)19-12-13-20(32-6)21(15-19)33(30,31)27(5)16-18-10-8-7-9-11-18/h7-15H,16H2,1-6H3,(H,25,29). The third-order valence-corrected chi connectivity index (χ3v) is 6.90. The molecule has 0 radical (unpaired) electrons. The lowest BCUT2D eigenvalue weighted by atomic mass is 10.1. The summed E-state index contributed by atoms with van der Waals surface area (Å²) in [4.78, 5) is 13.0. The molecule has 0 aliphatic carbocycles. The Hall–Kier alpha value is -3.17. The van der Waals surface area contributed by atoms with Crippen molar-refractivity contribution >= 4 is 21.7 Å². The monoisotopic (exact) mass is 470 g/mol. The number of hydrogen-bond acceptors (Lipinski definition) is 5. The molecule has 8 nitrogen and oxygen atoms in total. The van der Waals surface area contributed by atoms with Crippen molar-refractivity contribution in [3.63, 3.8) is 0 Å². The number of carbonyl (C=O) groups is 1. The molecule has 3 rings (SSSR count). The van der Waals surface area contributed by atoms with Gasteiger partial charge in [-0.25, -0.2) is 13.1 Å². The van der Waals surface area contributed by atoms with Gasteiger partial charge in [-0.2, -0.15) is 9.40 Å². The summed E-state index contributed by atoms with van der Waals surface area (Å²) in [7, 11) is -1.03. The van der Waals surface area contributed by atoms with E-state index in [4.69, 9.17) is 4.74 Å². The Morgan fingerprint density at radius 1 is 1.12 bits per heavy atom. The first-order valence-electron chi connectivity index (χ1n) is 10.5. The number of sulfonamides is 1. The van der Waals surface area contributed by atoms with Crippen molar-refractivity contribution in [2.24, 2.45) is 0 Å². The Balaban J connectivity index is 1.93. The molecule has 176 valence electrons. The second-order valence-electron chi connectivity index (χ2n) is 8.82. The molecule has 3 aromatic rings. The lowest BCUT2D eigenvalue weighted by Gasteiger charge is -2.22. The Bertz CT molecular complexity index is 1250. The molecule has 0 spiro atoms. The van der Waals surface area contributed by atoms with Crippen LogP contribution >= 0.6 is 0 Å². The zero-order valence-corrected chi connectivity index (χ0v) is 20.6. The van der Waals surface area contributed by atoms with Crippen LogP contribution in [0.25, 0.3) is 0 Å². The minimum Gasteiger partial charge on any atom is -0.495 e. The summed E-state index contributed by atoms with van der Waals surface area (Å²) in [5.41, 5.74) is 1.47. The van der Waals surface area contributed by atoms with E-state index >= 15 is 0 Å². The van der Waals surface area contributed by atoms with Gasteiger partial charge in [0.2, 0.25) is 10.0 Å². The quantitative estimate of drug-likeness (QED) is 0.563. The molecule has 0 unspecified atom stereocenters. The molecule has 0 bridgehead atoms. The van der Waals surface area contributed by atoms with Crippen LogP contribution in [0.4, 0.5) is 5.82 Å². The van der Waals surface area contributed by atoms with E-state index in [-0.39, 0.29) is 28.3 Å². The van der Waals surface area contributed by atoms with Crippen molar-refractivity contribution in [1.29, 1.82) is 0 Å². The number of ether oxygens (including phenoxy) is 1. The molecule has 2 aromatic carbocycles. The molecule has 1 amide bonds. The summed E-state index contributed by atoms with van der Waals surface area (Å²) in [5.74, 6) is 0.263. The molecular formula is C24H30N4O4S. The third-order valence-electron chi connectivity index (χ3n) is 5.07. The summed E-state index contributed by atoms with van der Waals surface area (Å²) in [6.07, 6.45) is 0. The normalized spacial score (nSPS) is 12.1. The van der Waals surface area contributed by atoms with Gasteiger partial charge in [-0.1, -0.05) is 30.3 Å². The highest BCUT2D eigenvalue weighted by molar-refractivity contribution is 7.89. The molecule has 33 heavy (non-hydrogen) atoms. The number of amides is 1. The highest BCUT2D eigenvalue weighted by Crippen LogP contribution is 2.29. The van der Waals surface area contributed by atoms with Crippen molar-refractivity contribution in [3.05, 3.63) is 71.4 Å². The minimum absolute atomic E-state index is 0.0726. The van der Waals surface area contributed by atoms with Gasteiger partial charge < -0.3 is 10.1 Å². The van der Waals surface area contributed by atoms with E-state index < -0.39 is 15.9 Å². The molecule has 0 aliphatic heterocycles. The first-order chi connectivity index (χ1) is 15.4. The fourth-order valence-electron chi connectivity index (χ4n) is 3.40. The van der Waals surface area contributed by atoms with Crippen LogP contribution in [0.1, 0.15) is 42.4 Å². The first-order valence-corrected chi connectivity index (χ1v) is 11.9. The SMILES string of the molecule is COc1ccc(C(=O)Nc2cc(C)nn2C(C)(C)C)cc1S(=O)(=O)N(C)Cc1ccccc1. The predicted molar refractivity (Wildman–Crippen MR) is 128 cm³/mol. The van der Waals surface area contributed by atoms with Crippen LogP contribution in [0.2, 0.25) is 0 Å². The second-order valence-corrected chi connectivity index (χ2v) is 10.8. The van der Waals surface area contributed by atoms with E-state index in [0.29, 0.717) is 5.82 Å². The Morgan fingerprint density at radius 2 is 1.79 bits per heavy atom. The summed E-state index contributed by atoms with van der Waals surface area (Å²) in [6.45, 7) is 7.98. The summed E-state index contributed by atoms with van der Waals surface area (Å²) >= 11 is 0. The van der Waals surface area contributed by atoms with Crippen LogP contribution in [0, 0.1) is 6.92 Å². The highest BCUT2D eigenvalue weighted by Gasteiger charge is 2.27. The number of rotatable bonds is 7. The van der Waals surface area contributed by atoms with Gasteiger partial charge in [0.15, 0.2) is 0 Å². The lowest BCUT2D eigenvalue weighted by Crippen LogP contribution is -2.28. The molecule has 1 heterocycles. The summed E-state index contributed by atoms with van der Waals surface area (Å²) < 4.78 is 34.9. The molecule has 0 fully saturated rings. The van der Waals surface area contributed by atoms with Crippen LogP contribution in [0.5, 0.6) is 5.75 Å². The summed E-state index contributed by atoms with van der Waals surface area (Å²) in [5, 5.41) is 7.31. The number of anilines is 1. The highest BCUT2D eigenvalue weighted by atomic mass is 32.2. The molecule has 0 saturated carbocycles. The Morgan fingerprint density at radius 3 is 2.39 bits per heavy atom. The number of nitrogens with zero attached hydrogens (tertiary/aromatic N) is 3. The molecule has 0 aliphatic rings. The first kappa shape index (κ1) is 24.5. The smallest absolute Gasteiger partial charge is 0.256 e. The average Bonchev–Trinajstić information content (AvgIpc) is 3.14. The van der Waals surface area contributed by atoms with Crippen molar-refractivity contribution in [1.82, 2.24) is 14.1 Å². The van der Waals surface area contributed by atoms with Gasteiger partial charge in [0, 0.05) is 25.2 Å². The van der Waals surface area contributed by atoms with E-state index in [1.807, 2.05) is 58.0 Å². The van der Waals surface area contributed by atoms with Crippen LogP contribution < -0.4 is 10.1 Å². The zero-order valence-electron chi connectivity index (χ0n) is 19.8. The van der Waals surface area contributed by atoms with E-state index in [9.17, 15) is 13.2 Å². The number of nitrogens with one attached hydrogen (secondary N) is 1. The van der Waals surface area contributed by atoms with Crippen molar-refractivity contribution < 1.29 is 17.9 Å². The lowest BCUT2D eigenvalue weighted by molar-refractivity contribution is 0.102. The maximum absolute atomic E-state index is 13.3. The molecular weight excluding hydrogens is 440 g/mol. The number of hydrogen-bond donors (Lipinski definition) is 1. The van der Waals surface area contributed by atoms with Gasteiger partial charge in [-0.15, -0.1) is 0 Å².